The molecule has 0 amide bonds. The maximum absolute atomic E-state index is 10.8. The first-order chi connectivity index (χ1) is 10.2. The van der Waals surface area contributed by atoms with Crippen LogP contribution in [0.3, 0.4) is 0 Å². The fourth-order valence-corrected chi connectivity index (χ4v) is 1.91. The van der Waals surface area contributed by atoms with Crippen molar-refractivity contribution < 1.29 is 9.66 Å². The molecule has 0 saturated carbocycles. The van der Waals surface area contributed by atoms with Gasteiger partial charge in [0.2, 0.25) is 0 Å². The van der Waals surface area contributed by atoms with E-state index in [0.29, 0.717) is 16.9 Å². The number of nitriles is 1. The first-order valence-corrected chi connectivity index (χ1v) is 6.15. The van der Waals surface area contributed by atoms with E-state index in [1.807, 2.05) is 18.2 Å². The Morgan fingerprint density at radius 3 is 2.71 bits per heavy atom. The molecule has 0 fully saturated rings. The predicted molar refractivity (Wildman–Crippen MR) is 79.6 cm³/mol. The number of methoxy groups -OCH3 is 1. The van der Waals surface area contributed by atoms with Crippen LogP contribution in [-0.2, 0) is 0 Å². The first kappa shape index (κ1) is 14.3. The summed E-state index contributed by atoms with van der Waals surface area (Å²) in [6.45, 7) is 0. The number of benzene rings is 2. The normalized spacial score (nSPS) is 10.8. The number of non-ortho nitro benzene ring substituents is 1. The molecule has 0 radical (unpaired) electrons. The predicted octanol–water partition coefficient (Wildman–Crippen LogP) is 3.67. The Bertz CT molecular complexity index is 745. The molecule has 2 aromatic rings. The van der Waals surface area contributed by atoms with Gasteiger partial charge >= 0.3 is 0 Å². The van der Waals surface area contributed by atoms with Gasteiger partial charge in [0.15, 0.2) is 0 Å². The van der Waals surface area contributed by atoms with Crippen LogP contribution in [0.1, 0.15) is 11.1 Å². The molecule has 0 unspecified atom stereocenters. The molecule has 0 spiro atoms. The van der Waals surface area contributed by atoms with Gasteiger partial charge in [-0.2, -0.15) is 5.26 Å². The van der Waals surface area contributed by atoms with Gasteiger partial charge in [-0.05, 0) is 17.7 Å². The van der Waals surface area contributed by atoms with Crippen LogP contribution in [0.5, 0.6) is 5.75 Å². The van der Waals surface area contributed by atoms with Gasteiger partial charge in [-0.25, -0.2) is 0 Å². The number of ether oxygens (including phenoxy) is 1. The summed E-state index contributed by atoms with van der Waals surface area (Å²) in [4.78, 5) is 10.3. The summed E-state index contributed by atoms with van der Waals surface area (Å²) in [7, 11) is 1.55. The smallest absolute Gasteiger partial charge is 0.270 e. The highest BCUT2D eigenvalue weighted by molar-refractivity contribution is 5.91. The summed E-state index contributed by atoms with van der Waals surface area (Å²) >= 11 is 0. The largest absolute Gasteiger partial charge is 0.496 e. The second-order valence-electron chi connectivity index (χ2n) is 4.22. The average Bonchev–Trinajstić information content (AvgIpc) is 2.53. The highest BCUT2D eigenvalue weighted by Crippen LogP contribution is 2.25. The summed E-state index contributed by atoms with van der Waals surface area (Å²) in [5.74, 6) is 0.635. The van der Waals surface area contributed by atoms with Crippen LogP contribution >= 0.6 is 0 Å². The van der Waals surface area contributed by atoms with Crippen molar-refractivity contribution in [3.05, 3.63) is 69.8 Å². The van der Waals surface area contributed by atoms with Crippen molar-refractivity contribution in [2.24, 2.45) is 0 Å². The maximum atomic E-state index is 10.8. The Labute approximate surface area is 121 Å². The molecule has 5 heteroatoms. The molecule has 0 atom stereocenters. The minimum Gasteiger partial charge on any atom is -0.496 e. The Kier molecular flexibility index (Phi) is 4.32. The maximum Gasteiger partial charge on any atom is 0.270 e. The van der Waals surface area contributed by atoms with E-state index in [2.05, 4.69) is 6.07 Å². The van der Waals surface area contributed by atoms with Crippen LogP contribution in [0.4, 0.5) is 5.69 Å². The zero-order valence-corrected chi connectivity index (χ0v) is 11.3. The number of nitrogens with zero attached hydrogens (tertiary/aromatic N) is 2. The Morgan fingerprint density at radius 2 is 2.05 bits per heavy atom. The van der Waals surface area contributed by atoms with Gasteiger partial charge in [-0.15, -0.1) is 0 Å². The number of hydrogen-bond acceptors (Lipinski definition) is 4. The molecule has 104 valence electrons. The summed E-state index contributed by atoms with van der Waals surface area (Å²) < 4.78 is 5.23. The SMILES string of the molecule is COc1ccccc1/C=C(/C#N)c1cccc([N+](=O)[O-])c1. The zero-order valence-electron chi connectivity index (χ0n) is 11.3. The number of allylic oxidation sites excluding steroid dienone is 1. The third-order valence-corrected chi connectivity index (χ3v) is 2.93. The monoisotopic (exact) mass is 280 g/mol. The Hall–Kier alpha value is -3.13. The molecule has 0 aliphatic carbocycles. The van der Waals surface area contributed by atoms with E-state index in [1.54, 1.807) is 31.4 Å². The van der Waals surface area contributed by atoms with E-state index in [0.717, 1.165) is 5.56 Å². The molecular weight excluding hydrogens is 268 g/mol. The van der Waals surface area contributed by atoms with Crippen molar-refractivity contribution in [2.45, 2.75) is 0 Å². The second kappa shape index (κ2) is 6.35. The minimum atomic E-state index is -0.485. The third-order valence-electron chi connectivity index (χ3n) is 2.93. The van der Waals surface area contributed by atoms with E-state index in [-0.39, 0.29) is 5.69 Å². The molecule has 0 heterocycles. The van der Waals surface area contributed by atoms with Crippen LogP contribution in [0.25, 0.3) is 11.6 Å². The van der Waals surface area contributed by atoms with Crippen molar-refractivity contribution in [3.63, 3.8) is 0 Å². The number of rotatable bonds is 4. The van der Waals surface area contributed by atoms with Gasteiger partial charge in [-0.1, -0.05) is 30.3 Å². The number of nitro benzene ring substituents is 1. The standard InChI is InChI=1S/C16H12N2O3/c1-21-16-8-3-2-5-13(16)9-14(11-17)12-6-4-7-15(10-12)18(19)20/h2-10H,1H3/b14-9-. The number of para-hydroxylation sites is 1. The van der Waals surface area contributed by atoms with Crippen LogP contribution in [0.15, 0.2) is 48.5 Å². The lowest BCUT2D eigenvalue weighted by molar-refractivity contribution is -0.384. The lowest BCUT2D eigenvalue weighted by Gasteiger charge is -2.05. The van der Waals surface area contributed by atoms with Crippen molar-refractivity contribution in [3.8, 4) is 11.8 Å². The van der Waals surface area contributed by atoms with E-state index in [4.69, 9.17) is 4.74 Å². The van der Waals surface area contributed by atoms with Gasteiger partial charge in [0, 0.05) is 17.7 Å². The van der Waals surface area contributed by atoms with Crippen LogP contribution < -0.4 is 4.74 Å². The second-order valence-corrected chi connectivity index (χ2v) is 4.22. The van der Waals surface area contributed by atoms with Gasteiger partial charge in [-0.3, -0.25) is 10.1 Å². The summed E-state index contributed by atoms with van der Waals surface area (Å²) in [6, 6.07) is 15.3. The van der Waals surface area contributed by atoms with Crippen molar-refractivity contribution in [1.82, 2.24) is 0 Å². The molecule has 0 bridgehead atoms. The summed E-state index contributed by atoms with van der Waals surface area (Å²) in [5.41, 5.74) is 1.53. The molecule has 0 aliphatic heterocycles. The molecule has 2 aromatic carbocycles. The molecule has 0 saturated heterocycles. The lowest BCUT2D eigenvalue weighted by Crippen LogP contribution is -1.90. The third kappa shape index (κ3) is 3.25. The molecular formula is C16H12N2O3. The highest BCUT2D eigenvalue weighted by Gasteiger charge is 2.09. The molecule has 5 nitrogen and oxygen atoms in total. The van der Waals surface area contributed by atoms with E-state index in [9.17, 15) is 15.4 Å². The van der Waals surface area contributed by atoms with Crippen molar-refractivity contribution >= 4 is 17.3 Å². The average molecular weight is 280 g/mol. The fraction of sp³-hybridized carbons (Fsp3) is 0.0625. The van der Waals surface area contributed by atoms with Crippen LogP contribution in [0.2, 0.25) is 0 Å². The molecule has 21 heavy (non-hydrogen) atoms. The highest BCUT2D eigenvalue weighted by atomic mass is 16.6. The Balaban J connectivity index is 2.49. The number of nitro groups is 1. The molecule has 2 rings (SSSR count). The quantitative estimate of drug-likeness (QED) is 0.370. The summed E-state index contributed by atoms with van der Waals surface area (Å²) in [5, 5.41) is 20.1. The van der Waals surface area contributed by atoms with Crippen molar-refractivity contribution in [2.75, 3.05) is 7.11 Å². The molecule has 0 N–H and O–H groups in total. The van der Waals surface area contributed by atoms with Crippen LogP contribution in [-0.4, -0.2) is 12.0 Å². The summed E-state index contributed by atoms with van der Waals surface area (Å²) in [6.07, 6.45) is 1.65. The van der Waals surface area contributed by atoms with E-state index < -0.39 is 4.92 Å². The molecule has 0 aliphatic rings. The Morgan fingerprint density at radius 1 is 1.29 bits per heavy atom. The molecule has 0 aromatic heterocycles. The topological polar surface area (TPSA) is 76.2 Å². The van der Waals surface area contributed by atoms with E-state index in [1.165, 1.54) is 12.1 Å². The number of hydrogen-bond donors (Lipinski definition) is 0. The van der Waals surface area contributed by atoms with Crippen LogP contribution in [0, 0.1) is 21.4 Å². The van der Waals surface area contributed by atoms with E-state index >= 15 is 0 Å². The van der Waals surface area contributed by atoms with Gasteiger partial charge < -0.3 is 4.74 Å². The lowest BCUT2D eigenvalue weighted by atomic mass is 10.0. The van der Waals surface area contributed by atoms with Gasteiger partial charge in [0.25, 0.3) is 5.69 Å². The first-order valence-electron chi connectivity index (χ1n) is 6.15. The minimum absolute atomic E-state index is 0.0475. The fourth-order valence-electron chi connectivity index (χ4n) is 1.91. The van der Waals surface area contributed by atoms with Gasteiger partial charge in [0.05, 0.1) is 23.7 Å². The zero-order chi connectivity index (χ0) is 15.2. The van der Waals surface area contributed by atoms with Gasteiger partial charge in [0.1, 0.15) is 5.75 Å². The van der Waals surface area contributed by atoms with Crippen molar-refractivity contribution in [1.29, 1.82) is 5.26 Å².